The third-order valence-electron chi connectivity index (χ3n) is 2.18. The van der Waals surface area contributed by atoms with Crippen LogP contribution in [0.5, 0.6) is 5.75 Å². The lowest BCUT2D eigenvalue weighted by Gasteiger charge is -2.04. The number of benzene rings is 1. The fourth-order valence-corrected chi connectivity index (χ4v) is 2.52. The molecule has 0 aliphatic carbocycles. The van der Waals surface area contributed by atoms with Gasteiger partial charge >= 0.3 is 5.69 Å². The summed E-state index contributed by atoms with van der Waals surface area (Å²) in [4.78, 5) is 18.6. The molecule has 0 bridgehead atoms. The first-order valence-corrected chi connectivity index (χ1v) is 6.28. The molecule has 0 unspecified atom stereocenters. The van der Waals surface area contributed by atoms with E-state index in [0.717, 1.165) is 16.7 Å². The van der Waals surface area contributed by atoms with E-state index in [-0.39, 0.29) is 15.9 Å². The number of aromatic nitrogens is 2. The van der Waals surface area contributed by atoms with Crippen molar-refractivity contribution < 1.29 is 9.66 Å². The molecule has 1 aromatic carbocycles. The molecule has 0 aliphatic heterocycles. The smallest absolute Gasteiger partial charge is 0.338 e. The van der Waals surface area contributed by atoms with Gasteiger partial charge in [-0.3, -0.25) is 10.1 Å². The van der Waals surface area contributed by atoms with Crippen LogP contribution in [0.2, 0.25) is 5.15 Å². The van der Waals surface area contributed by atoms with Crippen LogP contribution in [0.15, 0.2) is 40.5 Å². The van der Waals surface area contributed by atoms with Crippen LogP contribution in [0, 0.1) is 10.1 Å². The number of rotatable bonds is 4. The highest BCUT2D eigenvalue weighted by Crippen LogP contribution is 2.36. The average Bonchev–Trinajstić information content (AvgIpc) is 2.38. The van der Waals surface area contributed by atoms with Gasteiger partial charge in [0.2, 0.25) is 5.15 Å². The van der Waals surface area contributed by atoms with Crippen LogP contribution in [0.25, 0.3) is 0 Å². The molecular weight excluding hydrogens is 290 g/mol. The number of methoxy groups -OCH3 is 1. The van der Waals surface area contributed by atoms with Crippen molar-refractivity contribution in [1.29, 1.82) is 0 Å². The molecule has 8 heteroatoms. The van der Waals surface area contributed by atoms with Crippen molar-refractivity contribution in [2.75, 3.05) is 7.11 Å². The van der Waals surface area contributed by atoms with E-state index in [2.05, 4.69) is 9.97 Å². The summed E-state index contributed by atoms with van der Waals surface area (Å²) in [5.74, 6) is 0.660. The number of nitro groups is 1. The van der Waals surface area contributed by atoms with Gasteiger partial charge in [0, 0.05) is 4.90 Å². The Labute approximate surface area is 117 Å². The summed E-state index contributed by atoms with van der Waals surface area (Å²) in [5.41, 5.74) is -0.294. The molecule has 2 aromatic rings. The Balaban J connectivity index is 2.38. The zero-order valence-corrected chi connectivity index (χ0v) is 11.3. The Kier molecular flexibility index (Phi) is 4.18. The van der Waals surface area contributed by atoms with E-state index in [9.17, 15) is 10.1 Å². The fourth-order valence-electron chi connectivity index (χ4n) is 1.35. The van der Waals surface area contributed by atoms with E-state index in [1.54, 1.807) is 31.4 Å². The molecule has 0 amide bonds. The van der Waals surface area contributed by atoms with Crippen molar-refractivity contribution in [2.24, 2.45) is 0 Å². The topological polar surface area (TPSA) is 78.2 Å². The Morgan fingerprint density at radius 1 is 1.42 bits per heavy atom. The Morgan fingerprint density at radius 3 is 2.89 bits per heavy atom. The Bertz CT molecular complexity index is 624. The molecule has 0 fully saturated rings. The second-order valence-electron chi connectivity index (χ2n) is 3.36. The lowest BCUT2D eigenvalue weighted by molar-refractivity contribution is -0.388. The summed E-state index contributed by atoms with van der Waals surface area (Å²) in [5, 5.41) is 11.0. The Hall–Kier alpha value is -1.86. The van der Waals surface area contributed by atoms with E-state index >= 15 is 0 Å². The number of ether oxygens (including phenoxy) is 1. The molecule has 0 N–H and O–H groups in total. The van der Waals surface area contributed by atoms with Crippen molar-refractivity contribution in [2.45, 2.75) is 9.92 Å². The molecule has 1 heterocycles. The quantitative estimate of drug-likeness (QED) is 0.490. The summed E-state index contributed by atoms with van der Waals surface area (Å²) in [7, 11) is 1.55. The average molecular weight is 298 g/mol. The second-order valence-corrected chi connectivity index (χ2v) is 4.78. The SMILES string of the molecule is COc1cccc(Sc2ncnc(Cl)c2[N+](=O)[O-])c1. The van der Waals surface area contributed by atoms with Crippen molar-refractivity contribution >= 4 is 29.1 Å². The van der Waals surface area contributed by atoms with Gasteiger partial charge in [-0.2, -0.15) is 0 Å². The first-order valence-electron chi connectivity index (χ1n) is 5.08. The van der Waals surface area contributed by atoms with E-state index in [1.165, 1.54) is 6.33 Å². The number of hydrogen-bond donors (Lipinski definition) is 0. The van der Waals surface area contributed by atoms with E-state index in [4.69, 9.17) is 16.3 Å². The highest BCUT2D eigenvalue weighted by molar-refractivity contribution is 7.99. The monoisotopic (exact) mass is 297 g/mol. The van der Waals surface area contributed by atoms with Gasteiger partial charge in [0.1, 0.15) is 12.1 Å². The summed E-state index contributed by atoms with van der Waals surface area (Å²) in [6, 6.07) is 7.12. The van der Waals surface area contributed by atoms with Gasteiger partial charge in [0.15, 0.2) is 5.03 Å². The lowest BCUT2D eigenvalue weighted by atomic mass is 10.3. The van der Waals surface area contributed by atoms with E-state index < -0.39 is 4.92 Å². The highest BCUT2D eigenvalue weighted by Gasteiger charge is 2.22. The molecule has 0 saturated carbocycles. The minimum Gasteiger partial charge on any atom is -0.497 e. The van der Waals surface area contributed by atoms with Gasteiger partial charge in [-0.1, -0.05) is 29.4 Å². The molecule has 19 heavy (non-hydrogen) atoms. The molecule has 0 aliphatic rings. The van der Waals surface area contributed by atoms with Crippen LogP contribution in [0.4, 0.5) is 5.69 Å². The van der Waals surface area contributed by atoms with Gasteiger partial charge in [-0.25, -0.2) is 9.97 Å². The third-order valence-corrected chi connectivity index (χ3v) is 3.44. The first-order chi connectivity index (χ1) is 9.11. The maximum atomic E-state index is 11.0. The molecule has 0 radical (unpaired) electrons. The molecular formula is C11H8ClN3O3S. The number of hydrogen-bond acceptors (Lipinski definition) is 6. The lowest BCUT2D eigenvalue weighted by Crippen LogP contribution is -1.96. The molecule has 0 saturated heterocycles. The molecule has 0 atom stereocenters. The van der Waals surface area contributed by atoms with Crippen LogP contribution in [0.1, 0.15) is 0 Å². The van der Waals surface area contributed by atoms with Gasteiger partial charge in [-0.15, -0.1) is 0 Å². The molecule has 6 nitrogen and oxygen atoms in total. The highest BCUT2D eigenvalue weighted by atomic mass is 35.5. The zero-order chi connectivity index (χ0) is 13.8. The number of halogens is 1. The minimum atomic E-state index is -0.592. The number of nitrogens with zero attached hydrogens (tertiary/aromatic N) is 3. The van der Waals surface area contributed by atoms with Crippen LogP contribution in [-0.4, -0.2) is 22.0 Å². The van der Waals surface area contributed by atoms with E-state index in [0.29, 0.717) is 5.75 Å². The first kappa shape index (κ1) is 13.6. The van der Waals surface area contributed by atoms with Crippen molar-refractivity contribution in [3.8, 4) is 5.75 Å². The summed E-state index contributed by atoms with van der Waals surface area (Å²) >= 11 is 6.85. The third kappa shape index (κ3) is 3.12. The van der Waals surface area contributed by atoms with Crippen LogP contribution in [0.3, 0.4) is 0 Å². The molecule has 0 spiro atoms. The standard InChI is InChI=1S/C11H8ClN3O3S/c1-18-7-3-2-4-8(5-7)19-11-9(15(16)17)10(12)13-6-14-11/h2-6H,1H3. The summed E-state index contributed by atoms with van der Waals surface area (Å²) < 4.78 is 5.09. The van der Waals surface area contributed by atoms with Crippen molar-refractivity contribution in [3.63, 3.8) is 0 Å². The molecule has 2 rings (SSSR count). The van der Waals surface area contributed by atoms with Gasteiger partial charge in [-0.05, 0) is 18.2 Å². The van der Waals surface area contributed by atoms with Gasteiger partial charge in [0.05, 0.1) is 12.0 Å². The van der Waals surface area contributed by atoms with Crippen LogP contribution < -0.4 is 4.74 Å². The predicted octanol–water partition coefficient (Wildman–Crippen LogP) is 3.20. The normalized spacial score (nSPS) is 10.2. The zero-order valence-electron chi connectivity index (χ0n) is 9.74. The maximum Gasteiger partial charge on any atom is 0.338 e. The van der Waals surface area contributed by atoms with Crippen molar-refractivity contribution in [1.82, 2.24) is 9.97 Å². The maximum absolute atomic E-state index is 11.0. The largest absolute Gasteiger partial charge is 0.497 e. The van der Waals surface area contributed by atoms with Crippen LogP contribution in [-0.2, 0) is 0 Å². The summed E-state index contributed by atoms with van der Waals surface area (Å²) in [6.45, 7) is 0. The van der Waals surface area contributed by atoms with Crippen LogP contribution >= 0.6 is 23.4 Å². The van der Waals surface area contributed by atoms with Crippen molar-refractivity contribution in [3.05, 3.63) is 45.9 Å². The minimum absolute atomic E-state index is 0.176. The summed E-state index contributed by atoms with van der Waals surface area (Å²) in [6.07, 6.45) is 1.19. The second kappa shape index (κ2) is 5.85. The molecule has 1 aromatic heterocycles. The van der Waals surface area contributed by atoms with E-state index in [1.807, 2.05) is 0 Å². The molecule has 98 valence electrons. The predicted molar refractivity (Wildman–Crippen MR) is 70.8 cm³/mol. The van der Waals surface area contributed by atoms with Gasteiger partial charge in [0.25, 0.3) is 0 Å². The Morgan fingerprint density at radius 2 is 2.21 bits per heavy atom. The van der Waals surface area contributed by atoms with Gasteiger partial charge < -0.3 is 4.74 Å². The fraction of sp³-hybridized carbons (Fsp3) is 0.0909.